The van der Waals surface area contributed by atoms with Crippen LogP contribution >= 0.6 is 0 Å². The lowest BCUT2D eigenvalue weighted by atomic mass is 10.1. The van der Waals surface area contributed by atoms with Crippen molar-refractivity contribution in [3.8, 4) is 0 Å². The number of hydrogen-bond donors (Lipinski definition) is 2. The van der Waals surface area contributed by atoms with E-state index >= 15 is 0 Å². The number of guanidine groups is 1. The highest BCUT2D eigenvalue weighted by Gasteiger charge is 2.30. The highest BCUT2D eigenvalue weighted by Crippen LogP contribution is 2.29. The summed E-state index contributed by atoms with van der Waals surface area (Å²) in [7, 11) is 0. The third-order valence-electron chi connectivity index (χ3n) is 4.37. The second kappa shape index (κ2) is 8.41. The maximum absolute atomic E-state index is 12.8. The number of nitrogens with one attached hydrogen (secondary N) is 2. The Labute approximate surface area is 155 Å². The number of halogens is 3. The van der Waals surface area contributed by atoms with Crippen LogP contribution in [0.1, 0.15) is 42.5 Å². The maximum atomic E-state index is 12.8. The molecular weight excluding hydrogens is 357 g/mol. The number of hydrogen-bond acceptors (Lipinski definition) is 3. The van der Waals surface area contributed by atoms with E-state index in [1.807, 2.05) is 6.92 Å². The molecule has 1 aromatic heterocycles. The number of aryl methyl sites for hydroxylation is 1. The van der Waals surface area contributed by atoms with Gasteiger partial charge in [0.1, 0.15) is 5.82 Å². The van der Waals surface area contributed by atoms with Crippen molar-refractivity contribution >= 4 is 5.96 Å². The van der Waals surface area contributed by atoms with Crippen LogP contribution in [0.15, 0.2) is 29.3 Å². The zero-order chi connectivity index (χ0) is 19.3. The molecule has 9 heteroatoms. The number of fused-ring (bicyclic) bond motifs is 1. The lowest BCUT2D eigenvalue weighted by Gasteiger charge is -2.16. The van der Waals surface area contributed by atoms with E-state index in [1.165, 1.54) is 6.07 Å². The van der Waals surface area contributed by atoms with Crippen molar-refractivity contribution in [1.82, 2.24) is 25.4 Å². The largest absolute Gasteiger partial charge is 0.416 e. The second-order valence-corrected chi connectivity index (χ2v) is 6.39. The Morgan fingerprint density at radius 1 is 1.22 bits per heavy atom. The van der Waals surface area contributed by atoms with Crippen LogP contribution in [0.2, 0.25) is 0 Å². The summed E-state index contributed by atoms with van der Waals surface area (Å²) in [6, 6.07) is 5.22. The summed E-state index contributed by atoms with van der Waals surface area (Å²) in [6.45, 7) is 4.10. The molecule has 1 aliphatic rings. The molecule has 146 valence electrons. The zero-order valence-electron chi connectivity index (χ0n) is 15.2. The van der Waals surface area contributed by atoms with E-state index < -0.39 is 11.7 Å². The van der Waals surface area contributed by atoms with Crippen molar-refractivity contribution in [3.63, 3.8) is 0 Å². The fourth-order valence-corrected chi connectivity index (χ4v) is 3.02. The fourth-order valence-electron chi connectivity index (χ4n) is 3.02. The van der Waals surface area contributed by atoms with Gasteiger partial charge in [-0.25, -0.2) is 4.99 Å². The monoisotopic (exact) mass is 380 g/mol. The molecule has 2 aromatic rings. The summed E-state index contributed by atoms with van der Waals surface area (Å²) in [6.07, 6.45) is -1.17. The highest BCUT2D eigenvalue weighted by atomic mass is 19.4. The van der Waals surface area contributed by atoms with Crippen molar-refractivity contribution in [1.29, 1.82) is 0 Å². The molecule has 0 fully saturated rings. The van der Waals surface area contributed by atoms with Gasteiger partial charge < -0.3 is 15.2 Å². The van der Waals surface area contributed by atoms with Gasteiger partial charge in [0, 0.05) is 19.5 Å². The minimum absolute atomic E-state index is 0.150. The Balaban J connectivity index is 1.66. The lowest BCUT2D eigenvalue weighted by molar-refractivity contribution is -0.137. The summed E-state index contributed by atoms with van der Waals surface area (Å²) in [5, 5.41) is 14.7. The van der Waals surface area contributed by atoms with Crippen LogP contribution in [0.3, 0.4) is 0 Å². The van der Waals surface area contributed by atoms with Gasteiger partial charge >= 0.3 is 6.18 Å². The van der Waals surface area contributed by atoms with Gasteiger partial charge in [-0.1, -0.05) is 12.1 Å². The van der Waals surface area contributed by atoms with E-state index in [0.29, 0.717) is 24.6 Å². The first-order valence-electron chi connectivity index (χ1n) is 9.06. The first-order valence-corrected chi connectivity index (χ1v) is 9.06. The Hall–Kier alpha value is -2.58. The first kappa shape index (κ1) is 19.2. The maximum Gasteiger partial charge on any atom is 0.416 e. The fraction of sp³-hybridized carbons (Fsp3) is 0.500. The molecule has 1 aromatic carbocycles. The van der Waals surface area contributed by atoms with E-state index in [1.54, 1.807) is 6.07 Å². The van der Waals surface area contributed by atoms with Gasteiger partial charge in [0.25, 0.3) is 0 Å². The van der Waals surface area contributed by atoms with Gasteiger partial charge in [0.05, 0.1) is 18.7 Å². The normalized spacial score (nSPS) is 14.7. The third kappa shape index (κ3) is 4.99. The Morgan fingerprint density at radius 3 is 2.85 bits per heavy atom. The average Bonchev–Trinajstić information content (AvgIpc) is 3.07. The van der Waals surface area contributed by atoms with Crippen molar-refractivity contribution in [3.05, 3.63) is 47.0 Å². The first-order chi connectivity index (χ1) is 13.0. The molecule has 0 amide bonds. The molecule has 0 unspecified atom stereocenters. The van der Waals surface area contributed by atoms with Crippen LogP contribution in [-0.4, -0.2) is 27.3 Å². The molecule has 0 spiro atoms. The molecule has 0 atom stereocenters. The smallest absolute Gasteiger partial charge is 0.357 e. The van der Waals surface area contributed by atoms with Crippen LogP contribution in [0.25, 0.3) is 0 Å². The Bertz CT molecular complexity index is 797. The van der Waals surface area contributed by atoms with Gasteiger partial charge in [-0.2, -0.15) is 13.2 Å². The second-order valence-electron chi connectivity index (χ2n) is 6.39. The predicted molar refractivity (Wildman–Crippen MR) is 96.1 cm³/mol. The molecule has 2 N–H and O–H groups in total. The Morgan fingerprint density at radius 2 is 2.07 bits per heavy atom. The summed E-state index contributed by atoms with van der Waals surface area (Å²) in [5.41, 5.74) is -0.162. The van der Waals surface area contributed by atoms with E-state index in [4.69, 9.17) is 0 Å². The van der Waals surface area contributed by atoms with Crippen molar-refractivity contribution < 1.29 is 13.2 Å². The minimum Gasteiger partial charge on any atom is -0.357 e. The van der Waals surface area contributed by atoms with E-state index in [2.05, 4.69) is 30.4 Å². The topological polar surface area (TPSA) is 67.1 Å². The molecule has 2 heterocycles. The van der Waals surface area contributed by atoms with Gasteiger partial charge in [0.15, 0.2) is 11.8 Å². The number of aliphatic imine (C=N–C) groups is 1. The van der Waals surface area contributed by atoms with Crippen LogP contribution in [-0.2, 0) is 32.2 Å². The quantitative estimate of drug-likeness (QED) is 0.618. The molecule has 0 saturated carbocycles. The SMILES string of the molecule is CCNC(=NCc1cccc(C(F)(F)F)c1)NCc1nnc2n1CCCC2. The average molecular weight is 380 g/mol. The van der Waals surface area contributed by atoms with Gasteiger partial charge in [-0.05, 0) is 37.5 Å². The number of aromatic nitrogens is 3. The number of nitrogens with zero attached hydrogens (tertiary/aromatic N) is 4. The summed E-state index contributed by atoms with van der Waals surface area (Å²) in [5.74, 6) is 2.38. The molecule has 0 bridgehead atoms. The minimum atomic E-state index is -4.35. The van der Waals surface area contributed by atoms with E-state index in [0.717, 1.165) is 49.6 Å². The summed E-state index contributed by atoms with van der Waals surface area (Å²) in [4.78, 5) is 4.39. The van der Waals surface area contributed by atoms with Crippen LogP contribution < -0.4 is 10.6 Å². The summed E-state index contributed by atoms with van der Waals surface area (Å²) < 4.78 is 40.6. The molecule has 27 heavy (non-hydrogen) atoms. The molecule has 6 nitrogen and oxygen atoms in total. The number of alkyl halides is 3. The zero-order valence-corrected chi connectivity index (χ0v) is 15.2. The van der Waals surface area contributed by atoms with E-state index in [-0.39, 0.29) is 6.54 Å². The van der Waals surface area contributed by atoms with Crippen molar-refractivity contribution in [2.45, 2.75) is 52.0 Å². The van der Waals surface area contributed by atoms with E-state index in [9.17, 15) is 13.2 Å². The standard InChI is InChI=1S/C18H23F3N6/c1-2-22-17(23-11-13-6-5-7-14(10-13)18(19,20)21)24-12-16-26-25-15-8-3-4-9-27(15)16/h5-7,10H,2-4,8-9,11-12H2,1H3,(H2,22,23,24). The van der Waals surface area contributed by atoms with Crippen LogP contribution in [0, 0.1) is 0 Å². The van der Waals surface area contributed by atoms with Gasteiger partial charge in [-0.3, -0.25) is 0 Å². The van der Waals surface area contributed by atoms with Crippen molar-refractivity contribution in [2.75, 3.05) is 6.54 Å². The molecule has 0 aliphatic carbocycles. The number of rotatable bonds is 5. The molecule has 0 radical (unpaired) electrons. The van der Waals surface area contributed by atoms with Crippen LogP contribution in [0.5, 0.6) is 0 Å². The third-order valence-corrected chi connectivity index (χ3v) is 4.37. The Kier molecular flexibility index (Phi) is 5.98. The molecule has 0 saturated heterocycles. The van der Waals surface area contributed by atoms with Gasteiger partial charge in [-0.15, -0.1) is 10.2 Å². The molecule has 1 aliphatic heterocycles. The number of benzene rings is 1. The van der Waals surface area contributed by atoms with Crippen molar-refractivity contribution in [2.24, 2.45) is 4.99 Å². The highest BCUT2D eigenvalue weighted by molar-refractivity contribution is 5.79. The van der Waals surface area contributed by atoms with Crippen LogP contribution in [0.4, 0.5) is 13.2 Å². The molecule has 3 rings (SSSR count). The van der Waals surface area contributed by atoms with Gasteiger partial charge in [0.2, 0.25) is 0 Å². The summed E-state index contributed by atoms with van der Waals surface area (Å²) >= 11 is 0. The molecular formula is C18H23F3N6. The predicted octanol–water partition coefficient (Wildman–Crippen LogP) is 2.89. The lowest BCUT2D eigenvalue weighted by Crippen LogP contribution is -2.37.